The third kappa shape index (κ3) is 3.85. The summed E-state index contributed by atoms with van der Waals surface area (Å²) in [6, 6.07) is 5.53. The number of benzene rings is 1. The Labute approximate surface area is 133 Å². The van der Waals surface area contributed by atoms with E-state index in [4.69, 9.17) is 0 Å². The predicted molar refractivity (Wildman–Crippen MR) is 88.0 cm³/mol. The van der Waals surface area contributed by atoms with Crippen molar-refractivity contribution in [2.75, 3.05) is 19.6 Å². The Hall–Kier alpha value is -0.820. The molecule has 2 rings (SSSR count). The maximum atomic E-state index is 12.6. The van der Waals surface area contributed by atoms with Gasteiger partial charge in [-0.2, -0.15) is 0 Å². The molecule has 1 fully saturated rings. The van der Waals surface area contributed by atoms with Crippen molar-refractivity contribution in [3.63, 3.8) is 0 Å². The van der Waals surface area contributed by atoms with Crippen molar-refractivity contribution in [1.29, 1.82) is 0 Å². The van der Waals surface area contributed by atoms with E-state index in [-0.39, 0.29) is 11.7 Å². The Kier molecular flexibility index (Phi) is 5.65. The normalized spacial score (nSPS) is 18.2. The Balaban J connectivity index is 2.10. The van der Waals surface area contributed by atoms with Gasteiger partial charge in [0.05, 0.1) is 3.57 Å². The molecule has 1 saturated heterocycles. The van der Waals surface area contributed by atoms with Crippen LogP contribution in [0.2, 0.25) is 0 Å². The molecular formula is C15H21IN2O2. The molecule has 20 heavy (non-hydrogen) atoms. The van der Waals surface area contributed by atoms with Gasteiger partial charge in [-0.05, 0) is 66.6 Å². The number of halogens is 1. The number of hydrogen-bond acceptors (Lipinski definition) is 3. The van der Waals surface area contributed by atoms with Crippen molar-refractivity contribution in [3.05, 3.63) is 27.3 Å². The molecule has 1 aromatic rings. The maximum Gasteiger partial charge on any atom is 0.254 e. The highest BCUT2D eigenvalue weighted by molar-refractivity contribution is 14.1. The molecule has 1 amide bonds. The Bertz CT molecular complexity index is 473. The summed E-state index contributed by atoms with van der Waals surface area (Å²) >= 11 is 2.05. The fourth-order valence-corrected chi connectivity index (χ4v) is 2.89. The lowest BCUT2D eigenvalue weighted by Gasteiger charge is -2.25. The van der Waals surface area contributed by atoms with Gasteiger partial charge in [-0.25, -0.2) is 0 Å². The maximum absolute atomic E-state index is 12.6. The molecule has 0 aromatic heterocycles. The first-order valence-corrected chi connectivity index (χ1v) is 8.21. The fraction of sp³-hybridized carbons (Fsp3) is 0.533. The summed E-state index contributed by atoms with van der Waals surface area (Å²) in [5.74, 6) is 0.180. The zero-order valence-electron chi connectivity index (χ0n) is 11.7. The van der Waals surface area contributed by atoms with E-state index >= 15 is 0 Å². The number of amides is 1. The zero-order chi connectivity index (χ0) is 14.5. The van der Waals surface area contributed by atoms with Gasteiger partial charge in [-0.3, -0.25) is 4.79 Å². The summed E-state index contributed by atoms with van der Waals surface area (Å²) in [7, 11) is 0. The molecule has 0 bridgehead atoms. The van der Waals surface area contributed by atoms with Crippen LogP contribution in [0.1, 0.15) is 36.5 Å². The summed E-state index contributed by atoms with van der Waals surface area (Å²) < 4.78 is 0.763. The topological polar surface area (TPSA) is 52.6 Å². The number of carbonyl (C=O) groups is 1. The van der Waals surface area contributed by atoms with Gasteiger partial charge in [0, 0.05) is 24.7 Å². The molecule has 0 saturated carbocycles. The smallest absolute Gasteiger partial charge is 0.254 e. The minimum atomic E-state index is 0.00671. The molecule has 0 spiro atoms. The summed E-state index contributed by atoms with van der Waals surface area (Å²) in [5.41, 5.74) is 0.564. The molecule has 1 aliphatic rings. The van der Waals surface area contributed by atoms with Crippen LogP contribution in [0.4, 0.5) is 0 Å². The number of phenolic OH excluding ortho intramolecular Hbond substituents is 1. The number of aromatic hydroxyl groups is 1. The molecule has 0 aliphatic carbocycles. The van der Waals surface area contributed by atoms with E-state index < -0.39 is 0 Å². The molecule has 2 N–H and O–H groups in total. The zero-order valence-corrected chi connectivity index (χ0v) is 13.9. The van der Waals surface area contributed by atoms with Crippen LogP contribution in [0.5, 0.6) is 5.75 Å². The van der Waals surface area contributed by atoms with E-state index in [2.05, 4.69) is 34.8 Å². The van der Waals surface area contributed by atoms with Gasteiger partial charge >= 0.3 is 0 Å². The Morgan fingerprint density at radius 2 is 2.35 bits per heavy atom. The quantitative estimate of drug-likeness (QED) is 0.763. The average Bonchev–Trinajstić information content (AvgIpc) is 2.93. The predicted octanol–water partition coefficient (Wildman–Crippen LogP) is 2.60. The van der Waals surface area contributed by atoms with Crippen LogP contribution < -0.4 is 5.32 Å². The number of carbonyl (C=O) groups excluding carboxylic acids is 1. The van der Waals surface area contributed by atoms with Crippen LogP contribution in [0.15, 0.2) is 18.2 Å². The molecule has 0 radical (unpaired) electrons. The molecule has 1 aromatic carbocycles. The van der Waals surface area contributed by atoms with Gasteiger partial charge in [-0.1, -0.05) is 6.92 Å². The minimum absolute atomic E-state index is 0.00671. The molecule has 1 atom stereocenters. The number of phenols is 1. The van der Waals surface area contributed by atoms with Crippen molar-refractivity contribution in [2.24, 2.45) is 0 Å². The standard InChI is InChI=1S/C15H21IN2O2/c1-2-8-18(10-12-4-3-7-17-12)15(20)11-5-6-13(16)14(19)9-11/h5-6,9,12,17,19H,2-4,7-8,10H2,1H3. The van der Waals surface area contributed by atoms with Gasteiger partial charge in [0.25, 0.3) is 5.91 Å². The van der Waals surface area contributed by atoms with E-state index in [0.717, 1.165) is 36.0 Å². The van der Waals surface area contributed by atoms with E-state index in [1.807, 2.05) is 4.90 Å². The van der Waals surface area contributed by atoms with E-state index in [1.165, 1.54) is 6.42 Å². The van der Waals surface area contributed by atoms with Crippen LogP contribution >= 0.6 is 22.6 Å². The van der Waals surface area contributed by atoms with E-state index in [1.54, 1.807) is 18.2 Å². The van der Waals surface area contributed by atoms with Crippen LogP contribution in [0, 0.1) is 3.57 Å². The average molecular weight is 388 g/mol. The van der Waals surface area contributed by atoms with E-state index in [9.17, 15) is 9.90 Å². The minimum Gasteiger partial charge on any atom is -0.507 e. The molecule has 1 heterocycles. The second-order valence-corrected chi connectivity index (χ2v) is 6.37. The molecule has 1 aliphatic heterocycles. The first kappa shape index (κ1) is 15.6. The second kappa shape index (κ2) is 7.26. The fourth-order valence-electron chi connectivity index (χ4n) is 2.55. The SMILES string of the molecule is CCCN(CC1CCCN1)C(=O)c1ccc(I)c(O)c1. The Morgan fingerprint density at radius 1 is 1.55 bits per heavy atom. The Morgan fingerprint density at radius 3 is 2.95 bits per heavy atom. The second-order valence-electron chi connectivity index (χ2n) is 5.21. The highest BCUT2D eigenvalue weighted by Gasteiger charge is 2.22. The lowest BCUT2D eigenvalue weighted by molar-refractivity contribution is 0.0741. The molecule has 1 unspecified atom stereocenters. The van der Waals surface area contributed by atoms with Crippen LogP contribution in [0.3, 0.4) is 0 Å². The number of nitrogens with zero attached hydrogens (tertiary/aromatic N) is 1. The van der Waals surface area contributed by atoms with Gasteiger partial charge in [0.15, 0.2) is 0 Å². The largest absolute Gasteiger partial charge is 0.507 e. The number of nitrogens with one attached hydrogen (secondary N) is 1. The van der Waals surface area contributed by atoms with Gasteiger partial charge in [-0.15, -0.1) is 0 Å². The third-order valence-electron chi connectivity index (χ3n) is 3.58. The molecular weight excluding hydrogens is 367 g/mol. The van der Waals surface area contributed by atoms with Crippen molar-refractivity contribution >= 4 is 28.5 Å². The third-order valence-corrected chi connectivity index (χ3v) is 4.49. The van der Waals surface area contributed by atoms with Crippen LogP contribution in [-0.4, -0.2) is 41.6 Å². The van der Waals surface area contributed by atoms with Crippen LogP contribution in [-0.2, 0) is 0 Å². The highest BCUT2D eigenvalue weighted by atomic mass is 127. The van der Waals surface area contributed by atoms with Crippen molar-refractivity contribution in [3.8, 4) is 5.75 Å². The van der Waals surface area contributed by atoms with Gasteiger partial charge in [0.2, 0.25) is 0 Å². The number of rotatable bonds is 5. The van der Waals surface area contributed by atoms with Crippen molar-refractivity contribution in [1.82, 2.24) is 10.2 Å². The van der Waals surface area contributed by atoms with Gasteiger partial charge < -0.3 is 15.3 Å². The lowest BCUT2D eigenvalue weighted by Crippen LogP contribution is -2.41. The molecule has 4 nitrogen and oxygen atoms in total. The summed E-state index contributed by atoms with van der Waals surface area (Å²) in [6.45, 7) is 4.63. The molecule has 5 heteroatoms. The van der Waals surface area contributed by atoms with Crippen molar-refractivity contribution in [2.45, 2.75) is 32.2 Å². The van der Waals surface area contributed by atoms with E-state index in [0.29, 0.717) is 11.6 Å². The molecule has 110 valence electrons. The summed E-state index contributed by atoms with van der Waals surface area (Å²) in [4.78, 5) is 14.5. The summed E-state index contributed by atoms with van der Waals surface area (Å²) in [5, 5.41) is 13.2. The van der Waals surface area contributed by atoms with Crippen molar-refractivity contribution < 1.29 is 9.90 Å². The highest BCUT2D eigenvalue weighted by Crippen LogP contribution is 2.21. The van der Waals surface area contributed by atoms with Crippen LogP contribution in [0.25, 0.3) is 0 Å². The monoisotopic (exact) mass is 388 g/mol. The number of hydrogen-bond donors (Lipinski definition) is 2. The first-order valence-electron chi connectivity index (χ1n) is 7.13. The summed E-state index contributed by atoms with van der Waals surface area (Å²) in [6.07, 6.45) is 3.25. The van der Waals surface area contributed by atoms with Gasteiger partial charge in [0.1, 0.15) is 5.75 Å². The first-order chi connectivity index (χ1) is 9.61. The lowest BCUT2D eigenvalue weighted by atomic mass is 10.1.